The molecule has 0 radical (unpaired) electrons. The predicted octanol–water partition coefficient (Wildman–Crippen LogP) is 3.21. The highest BCUT2D eigenvalue weighted by Gasteiger charge is 2.26. The second-order valence-corrected chi connectivity index (χ2v) is 7.28. The first-order valence-corrected chi connectivity index (χ1v) is 9.39. The first kappa shape index (κ1) is 19.1. The molecule has 1 fully saturated rings. The van der Waals surface area contributed by atoms with Gasteiger partial charge in [0.1, 0.15) is 0 Å². The van der Waals surface area contributed by atoms with Crippen LogP contribution in [-0.2, 0) is 4.79 Å². The van der Waals surface area contributed by atoms with Crippen LogP contribution in [0.4, 0.5) is 0 Å². The summed E-state index contributed by atoms with van der Waals surface area (Å²) in [5.74, 6) is -0.0284. The molecule has 2 unspecified atom stereocenters. The number of amides is 1. The molecule has 1 saturated heterocycles. The number of aromatic nitrogens is 1. The van der Waals surface area contributed by atoms with Gasteiger partial charge in [-0.1, -0.05) is 35.3 Å². The molecule has 1 aromatic carbocycles. The first-order valence-electron chi connectivity index (χ1n) is 8.63. The lowest BCUT2D eigenvalue weighted by atomic mass is 10.1. The second-order valence-electron chi connectivity index (χ2n) is 6.43. The van der Waals surface area contributed by atoms with Crippen molar-refractivity contribution in [2.24, 2.45) is 0 Å². The fourth-order valence-electron chi connectivity index (χ4n) is 3.24. The largest absolute Gasteiger partial charge is 0.348 e. The van der Waals surface area contributed by atoms with Crippen LogP contribution >= 0.6 is 23.2 Å². The van der Waals surface area contributed by atoms with E-state index in [0.717, 1.165) is 30.8 Å². The molecule has 26 heavy (non-hydrogen) atoms. The molecule has 1 amide bonds. The van der Waals surface area contributed by atoms with Crippen molar-refractivity contribution >= 4 is 29.1 Å². The van der Waals surface area contributed by atoms with Gasteiger partial charge in [0.25, 0.3) is 0 Å². The van der Waals surface area contributed by atoms with Gasteiger partial charge in [-0.3, -0.25) is 14.7 Å². The smallest absolute Gasteiger partial charge is 0.234 e. The molecule has 2 aromatic rings. The van der Waals surface area contributed by atoms with Crippen LogP contribution < -0.4 is 10.6 Å². The molecule has 0 saturated carbocycles. The maximum atomic E-state index is 12.6. The highest BCUT2D eigenvalue weighted by atomic mass is 35.5. The van der Waals surface area contributed by atoms with Gasteiger partial charge in [-0.15, -0.1) is 0 Å². The third-order valence-electron chi connectivity index (χ3n) is 4.58. The first-order chi connectivity index (χ1) is 12.5. The maximum Gasteiger partial charge on any atom is 0.234 e. The Kier molecular flexibility index (Phi) is 6.48. The number of rotatable bonds is 5. The van der Waals surface area contributed by atoms with E-state index < -0.39 is 0 Å². The Hall–Kier alpha value is -1.66. The van der Waals surface area contributed by atoms with E-state index in [1.807, 2.05) is 31.3 Å². The molecule has 138 valence electrons. The van der Waals surface area contributed by atoms with E-state index in [1.165, 1.54) is 0 Å². The Morgan fingerprint density at radius 3 is 3.00 bits per heavy atom. The summed E-state index contributed by atoms with van der Waals surface area (Å²) in [6.45, 7) is 4.73. The minimum Gasteiger partial charge on any atom is -0.348 e. The number of carbonyl (C=O) groups excluding carboxylic acids is 1. The third-order valence-corrected chi connectivity index (χ3v) is 5.14. The number of hydrogen-bond acceptors (Lipinski definition) is 4. The van der Waals surface area contributed by atoms with Crippen molar-refractivity contribution in [2.75, 3.05) is 26.2 Å². The van der Waals surface area contributed by atoms with Crippen LogP contribution in [0.5, 0.6) is 0 Å². The zero-order valence-corrected chi connectivity index (χ0v) is 16.1. The summed E-state index contributed by atoms with van der Waals surface area (Å²) in [5, 5.41) is 7.55. The lowest BCUT2D eigenvalue weighted by molar-refractivity contribution is -0.123. The molecule has 3 rings (SSSR count). The monoisotopic (exact) mass is 392 g/mol. The number of piperazine rings is 1. The van der Waals surface area contributed by atoms with Gasteiger partial charge in [-0.05, 0) is 36.2 Å². The maximum absolute atomic E-state index is 12.6. The average Bonchev–Trinajstić information content (AvgIpc) is 2.62. The van der Waals surface area contributed by atoms with E-state index in [2.05, 4.69) is 20.5 Å². The van der Waals surface area contributed by atoms with E-state index in [1.54, 1.807) is 18.3 Å². The van der Waals surface area contributed by atoms with E-state index in [9.17, 15) is 4.79 Å². The molecule has 2 atom stereocenters. The van der Waals surface area contributed by atoms with Gasteiger partial charge < -0.3 is 10.6 Å². The van der Waals surface area contributed by atoms with Crippen LogP contribution in [0.3, 0.4) is 0 Å². The third kappa shape index (κ3) is 4.74. The molecule has 1 aliphatic rings. The Morgan fingerprint density at radius 2 is 2.27 bits per heavy atom. The molecule has 1 aromatic heterocycles. The van der Waals surface area contributed by atoms with Crippen LogP contribution in [0.2, 0.25) is 10.0 Å². The molecule has 0 aliphatic carbocycles. The Bertz CT molecular complexity index is 756. The number of benzene rings is 1. The number of halogens is 2. The standard InChI is InChI=1S/C19H22Cl2N4O/c1-13(16-5-4-15(20)9-17(16)21)24-19(26)12-25-8-7-23-11-18(25)14-3-2-6-22-10-14/h2-6,9-10,13,18,23H,7-8,11-12H2,1H3,(H,24,26). The zero-order chi connectivity index (χ0) is 18.5. The lowest BCUT2D eigenvalue weighted by Gasteiger charge is -2.36. The molecule has 1 aliphatic heterocycles. The van der Waals surface area contributed by atoms with Crippen LogP contribution in [0, 0.1) is 0 Å². The summed E-state index contributed by atoms with van der Waals surface area (Å²) < 4.78 is 0. The van der Waals surface area contributed by atoms with Crippen LogP contribution in [0.25, 0.3) is 0 Å². The van der Waals surface area contributed by atoms with E-state index in [0.29, 0.717) is 16.6 Å². The summed E-state index contributed by atoms with van der Waals surface area (Å²) in [6.07, 6.45) is 3.62. The minimum absolute atomic E-state index is 0.0284. The summed E-state index contributed by atoms with van der Waals surface area (Å²) in [4.78, 5) is 19.0. The Labute approximate surface area is 163 Å². The number of nitrogens with one attached hydrogen (secondary N) is 2. The van der Waals surface area contributed by atoms with Gasteiger partial charge in [0.05, 0.1) is 12.6 Å². The molecule has 2 heterocycles. The number of hydrogen-bond donors (Lipinski definition) is 2. The van der Waals surface area contributed by atoms with Gasteiger partial charge >= 0.3 is 0 Å². The van der Waals surface area contributed by atoms with Gasteiger partial charge in [-0.25, -0.2) is 0 Å². The summed E-state index contributed by atoms with van der Waals surface area (Å²) >= 11 is 12.2. The lowest BCUT2D eigenvalue weighted by Crippen LogP contribution is -2.49. The SMILES string of the molecule is CC(NC(=O)CN1CCNCC1c1cccnc1)c1ccc(Cl)cc1Cl. The molecule has 7 heteroatoms. The summed E-state index contributed by atoms with van der Waals surface area (Å²) in [6, 6.07) is 9.23. The summed E-state index contributed by atoms with van der Waals surface area (Å²) in [7, 11) is 0. The van der Waals surface area contributed by atoms with Crippen molar-refractivity contribution in [1.82, 2.24) is 20.5 Å². The van der Waals surface area contributed by atoms with Crippen LogP contribution in [0.15, 0.2) is 42.7 Å². The number of nitrogens with zero attached hydrogens (tertiary/aromatic N) is 2. The fourth-order valence-corrected chi connectivity index (χ4v) is 3.81. The van der Waals surface area contributed by atoms with Crippen molar-refractivity contribution in [3.8, 4) is 0 Å². The van der Waals surface area contributed by atoms with Crippen LogP contribution in [0.1, 0.15) is 30.1 Å². The topological polar surface area (TPSA) is 57.3 Å². The molecular weight excluding hydrogens is 371 g/mol. The number of carbonyl (C=O) groups is 1. The van der Waals surface area contributed by atoms with Gasteiger partial charge in [0.2, 0.25) is 5.91 Å². The van der Waals surface area contributed by atoms with Gasteiger partial charge in [-0.2, -0.15) is 0 Å². The highest BCUT2D eigenvalue weighted by molar-refractivity contribution is 6.35. The van der Waals surface area contributed by atoms with Crippen molar-refractivity contribution in [3.05, 3.63) is 63.9 Å². The van der Waals surface area contributed by atoms with Crippen molar-refractivity contribution in [1.29, 1.82) is 0 Å². The normalized spacial score (nSPS) is 19.1. The van der Waals surface area contributed by atoms with E-state index >= 15 is 0 Å². The quantitative estimate of drug-likeness (QED) is 0.819. The molecule has 2 N–H and O–H groups in total. The highest BCUT2D eigenvalue weighted by Crippen LogP contribution is 2.26. The zero-order valence-electron chi connectivity index (χ0n) is 14.6. The molecular formula is C19H22Cl2N4O. The summed E-state index contributed by atoms with van der Waals surface area (Å²) in [5.41, 5.74) is 1.97. The van der Waals surface area contributed by atoms with Crippen molar-refractivity contribution in [2.45, 2.75) is 19.0 Å². The van der Waals surface area contributed by atoms with Crippen LogP contribution in [-0.4, -0.2) is 42.0 Å². The van der Waals surface area contributed by atoms with Gasteiger partial charge in [0.15, 0.2) is 0 Å². The minimum atomic E-state index is -0.188. The molecule has 0 spiro atoms. The molecule has 5 nitrogen and oxygen atoms in total. The van der Waals surface area contributed by atoms with E-state index in [-0.39, 0.29) is 18.0 Å². The average molecular weight is 393 g/mol. The molecule has 0 bridgehead atoms. The van der Waals surface area contributed by atoms with Gasteiger partial charge in [0, 0.05) is 48.1 Å². The second kappa shape index (κ2) is 8.82. The van der Waals surface area contributed by atoms with Crippen molar-refractivity contribution in [3.63, 3.8) is 0 Å². The number of pyridine rings is 1. The van der Waals surface area contributed by atoms with E-state index in [4.69, 9.17) is 23.2 Å². The Morgan fingerprint density at radius 1 is 1.42 bits per heavy atom. The predicted molar refractivity (Wildman–Crippen MR) is 104 cm³/mol. The Balaban J connectivity index is 1.64. The van der Waals surface area contributed by atoms with Crippen molar-refractivity contribution < 1.29 is 4.79 Å². The fraction of sp³-hybridized carbons (Fsp3) is 0.368.